The summed E-state index contributed by atoms with van der Waals surface area (Å²) in [6, 6.07) is 13.7. The molecule has 0 radical (unpaired) electrons. The molecule has 0 amide bonds. The van der Waals surface area contributed by atoms with Crippen LogP contribution in [0, 0.1) is 16.0 Å². The van der Waals surface area contributed by atoms with Crippen LogP contribution in [0.1, 0.15) is 49.1 Å². The number of carbonyl (C=O) groups excluding carboxylic acids is 2. The second kappa shape index (κ2) is 10.1. The Morgan fingerprint density at radius 2 is 1.97 bits per heavy atom. The molecule has 35 heavy (non-hydrogen) atoms. The number of para-hydroxylation sites is 1. The van der Waals surface area contributed by atoms with Crippen LogP contribution in [0.5, 0.6) is 5.75 Å². The summed E-state index contributed by atoms with van der Waals surface area (Å²) in [4.78, 5) is 37.7. The zero-order valence-electron chi connectivity index (χ0n) is 19.8. The first-order valence-electron chi connectivity index (χ1n) is 11.6. The molecule has 182 valence electrons. The minimum atomic E-state index is -0.880. The van der Waals surface area contributed by atoms with Gasteiger partial charge in [0.25, 0.3) is 5.69 Å². The molecule has 2 aromatic rings. The van der Waals surface area contributed by atoms with Gasteiger partial charge in [0.15, 0.2) is 5.78 Å². The number of hydrogen-bond donors (Lipinski definition) is 1. The number of esters is 1. The van der Waals surface area contributed by atoms with E-state index in [1.165, 1.54) is 12.1 Å². The van der Waals surface area contributed by atoms with Crippen LogP contribution in [0.4, 0.5) is 5.69 Å². The van der Waals surface area contributed by atoms with E-state index in [4.69, 9.17) is 9.47 Å². The number of benzene rings is 2. The summed E-state index contributed by atoms with van der Waals surface area (Å²) in [7, 11) is 1.60. The number of non-ortho nitro benzene ring substituents is 1. The van der Waals surface area contributed by atoms with Crippen molar-refractivity contribution in [3.05, 3.63) is 93.3 Å². The van der Waals surface area contributed by atoms with E-state index >= 15 is 0 Å². The topological polar surface area (TPSA) is 108 Å². The van der Waals surface area contributed by atoms with Crippen molar-refractivity contribution in [3.8, 4) is 5.75 Å². The lowest BCUT2D eigenvalue weighted by atomic mass is 9.69. The van der Waals surface area contributed by atoms with E-state index in [1.807, 2.05) is 31.2 Å². The summed E-state index contributed by atoms with van der Waals surface area (Å²) < 4.78 is 11.0. The van der Waals surface area contributed by atoms with E-state index in [2.05, 4.69) is 11.9 Å². The van der Waals surface area contributed by atoms with E-state index < -0.39 is 22.7 Å². The monoisotopic (exact) mass is 476 g/mol. The molecule has 0 bridgehead atoms. The minimum Gasteiger partial charge on any atom is -0.496 e. The van der Waals surface area contributed by atoms with Gasteiger partial charge in [-0.3, -0.25) is 19.7 Å². The van der Waals surface area contributed by atoms with Gasteiger partial charge >= 0.3 is 5.97 Å². The normalized spacial score (nSPS) is 21.7. The van der Waals surface area contributed by atoms with Gasteiger partial charge in [-0.25, -0.2) is 0 Å². The van der Waals surface area contributed by atoms with Crippen molar-refractivity contribution in [3.63, 3.8) is 0 Å². The molecule has 0 fully saturated rings. The van der Waals surface area contributed by atoms with Crippen LogP contribution in [0.2, 0.25) is 0 Å². The fourth-order valence-corrected chi connectivity index (χ4v) is 5.03. The Bertz CT molecular complexity index is 1220. The average Bonchev–Trinajstić information content (AvgIpc) is 2.86. The maximum atomic E-state index is 13.6. The van der Waals surface area contributed by atoms with Gasteiger partial charge in [-0.1, -0.05) is 43.8 Å². The molecule has 8 heteroatoms. The number of allylic oxidation sites excluding steroid dienone is 2. The second-order valence-corrected chi connectivity index (χ2v) is 8.79. The number of methoxy groups -OCH3 is 1. The summed E-state index contributed by atoms with van der Waals surface area (Å²) in [5.74, 6) is -1.64. The number of Topliss-reactive ketones (excluding diaryl/α,β-unsaturated/α-hetero) is 1. The van der Waals surface area contributed by atoms with E-state index in [1.54, 1.807) is 19.2 Å². The quantitative estimate of drug-likeness (QED) is 0.348. The number of hydrogen-bond acceptors (Lipinski definition) is 7. The van der Waals surface area contributed by atoms with Gasteiger partial charge in [-0.05, 0) is 30.0 Å². The predicted octanol–water partition coefficient (Wildman–Crippen LogP) is 4.77. The van der Waals surface area contributed by atoms with Crippen molar-refractivity contribution < 1.29 is 24.0 Å². The Labute approximate surface area is 203 Å². The lowest BCUT2D eigenvalue weighted by Gasteiger charge is -2.40. The van der Waals surface area contributed by atoms with Crippen molar-refractivity contribution in [2.24, 2.45) is 5.92 Å². The van der Waals surface area contributed by atoms with Crippen LogP contribution in [0.25, 0.3) is 0 Å². The third-order valence-electron chi connectivity index (χ3n) is 6.56. The number of nitro groups is 1. The number of ether oxygens (including phenoxy) is 2. The van der Waals surface area contributed by atoms with Crippen molar-refractivity contribution in [2.75, 3.05) is 13.7 Å². The fourth-order valence-electron chi connectivity index (χ4n) is 5.03. The van der Waals surface area contributed by atoms with Crippen LogP contribution in [-0.2, 0) is 14.3 Å². The Hall–Kier alpha value is -3.94. The Balaban J connectivity index is 1.81. The Kier molecular flexibility index (Phi) is 7.00. The fraction of sp³-hybridized carbons (Fsp3) is 0.333. The van der Waals surface area contributed by atoms with E-state index in [0.717, 1.165) is 5.56 Å². The maximum Gasteiger partial charge on any atom is 0.315 e. The van der Waals surface area contributed by atoms with Crippen LogP contribution >= 0.6 is 0 Å². The Morgan fingerprint density at radius 3 is 2.69 bits per heavy atom. The number of rotatable bonds is 7. The van der Waals surface area contributed by atoms with Gasteiger partial charge in [-0.15, -0.1) is 0 Å². The van der Waals surface area contributed by atoms with Crippen LogP contribution < -0.4 is 10.1 Å². The molecule has 0 saturated heterocycles. The van der Waals surface area contributed by atoms with Crippen molar-refractivity contribution >= 4 is 17.4 Å². The SMILES string of the molecule is C=C1NC2=C(C(=O)CC(c3ccccc3OC)C2)C(c2cccc([N+](=O)[O-])c2)C1C(=O)OCCC. The van der Waals surface area contributed by atoms with Gasteiger partial charge in [0.1, 0.15) is 11.7 Å². The highest BCUT2D eigenvalue weighted by molar-refractivity contribution is 6.01. The molecule has 2 aromatic carbocycles. The lowest BCUT2D eigenvalue weighted by molar-refractivity contribution is -0.384. The van der Waals surface area contributed by atoms with E-state index in [0.29, 0.717) is 41.1 Å². The summed E-state index contributed by atoms with van der Waals surface area (Å²) in [5, 5.41) is 14.7. The third-order valence-corrected chi connectivity index (χ3v) is 6.56. The summed E-state index contributed by atoms with van der Waals surface area (Å²) in [5.41, 5.74) is 2.88. The molecule has 1 aliphatic heterocycles. The highest BCUT2D eigenvalue weighted by atomic mass is 16.6. The molecule has 1 aliphatic carbocycles. The first-order valence-corrected chi connectivity index (χ1v) is 11.6. The first-order chi connectivity index (χ1) is 16.8. The van der Waals surface area contributed by atoms with Crippen LogP contribution in [-0.4, -0.2) is 30.4 Å². The molecular weight excluding hydrogens is 448 g/mol. The zero-order chi connectivity index (χ0) is 25.1. The molecule has 8 nitrogen and oxygen atoms in total. The van der Waals surface area contributed by atoms with Gasteiger partial charge in [0.2, 0.25) is 0 Å². The molecular formula is C27H28N2O6. The maximum absolute atomic E-state index is 13.6. The molecule has 3 unspecified atom stereocenters. The van der Waals surface area contributed by atoms with Gasteiger partial charge in [0, 0.05) is 47.4 Å². The molecule has 1 N–H and O–H groups in total. The number of nitro benzene ring substituents is 1. The van der Waals surface area contributed by atoms with Crippen molar-refractivity contribution in [1.82, 2.24) is 5.32 Å². The molecule has 3 atom stereocenters. The van der Waals surface area contributed by atoms with Crippen molar-refractivity contribution in [2.45, 2.75) is 38.0 Å². The minimum absolute atomic E-state index is 0.107. The average molecular weight is 477 g/mol. The first kappa shape index (κ1) is 24.2. The van der Waals surface area contributed by atoms with Gasteiger partial charge < -0.3 is 14.8 Å². The number of carbonyl (C=O) groups is 2. The smallest absolute Gasteiger partial charge is 0.315 e. The lowest BCUT2D eigenvalue weighted by Crippen LogP contribution is -2.42. The molecule has 1 heterocycles. The van der Waals surface area contributed by atoms with Crippen LogP contribution in [0.15, 0.2) is 72.1 Å². The Morgan fingerprint density at radius 1 is 1.20 bits per heavy atom. The molecule has 0 spiro atoms. The summed E-state index contributed by atoms with van der Waals surface area (Å²) in [6.45, 7) is 6.22. The number of ketones is 1. The molecule has 0 aromatic heterocycles. The summed E-state index contributed by atoms with van der Waals surface area (Å²) >= 11 is 0. The summed E-state index contributed by atoms with van der Waals surface area (Å²) in [6.07, 6.45) is 1.39. The van der Waals surface area contributed by atoms with Crippen LogP contribution in [0.3, 0.4) is 0 Å². The zero-order valence-corrected chi connectivity index (χ0v) is 19.8. The van der Waals surface area contributed by atoms with E-state index in [-0.39, 0.29) is 30.4 Å². The van der Waals surface area contributed by atoms with E-state index in [9.17, 15) is 19.7 Å². The highest BCUT2D eigenvalue weighted by Crippen LogP contribution is 2.48. The van der Waals surface area contributed by atoms with Crippen molar-refractivity contribution in [1.29, 1.82) is 0 Å². The molecule has 2 aliphatic rings. The molecule has 0 saturated carbocycles. The van der Waals surface area contributed by atoms with Gasteiger partial charge in [-0.2, -0.15) is 0 Å². The predicted molar refractivity (Wildman–Crippen MR) is 130 cm³/mol. The highest BCUT2D eigenvalue weighted by Gasteiger charge is 2.46. The number of nitrogens with one attached hydrogen (secondary N) is 1. The standard InChI is InChI=1S/C27H28N2O6/c1-4-12-35-27(31)24-16(2)28-21-14-18(20-10-5-6-11-23(20)34-3)15-22(30)26(21)25(24)17-8-7-9-19(13-17)29(32)33/h5-11,13,18,24-25,28H,2,4,12,14-15H2,1,3H3. The second-order valence-electron chi connectivity index (χ2n) is 8.79. The largest absolute Gasteiger partial charge is 0.496 e. The molecule has 4 rings (SSSR count). The number of nitrogens with zero attached hydrogens (tertiary/aromatic N) is 1. The van der Waals surface area contributed by atoms with Gasteiger partial charge in [0.05, 0.1) is 18.6 Å². The third kappa shape index (κ3) is 4.69.